The lowest BCUT2D eigenvalue weighted by atomic mass is 10.4. The van der Waals surface area contributed by atoms with Gasteiger partial charge in [-0.1, -0.05) is 22.9 Å². The number of aryl methyl sites for hydroxylation is 1. The molecule has 2 rings (SSSR count). The van der Waals surface area contributed by atoms with Gasteiger partial charge >= 0.3 is 0 Å². The summed E-state index contributed by atoms with van der Waals surface area (Å²) in [4.78, 5) is 26.2. The largest absolute Gasteiger partial charge is 0.297 e. The Labute approximate surface area is 87.8 Å². The van der Waals surface area contributed by atoms with Crippen molar-refractivity contribution in [1.29, 1.82) is 0 Å². The highest BCUT2D eigenvalue weighted by molar-refractivity contribution is 7.19. The van der Waals surface area contributed by atoms with Gasteiger partial charge in [0.2, 0.25) is 0 Å². The van der Waals surface area contributed by atoms with E-state index in [2.05, 4.69) is 4.98 Å². The smallest absolute Gasteiger partial charge is 0.274 e. The number of nitrogens with zero attached hydrogens (tertiary/aromatic N) is 2. The molecule has 2 aromatic rings. The van der Waals surface area contributed by atoms with E-state index in [0.717, 1.165) is 11.3 Å². The Balaban J connectivity index is 2.99. The number of fused-ring (bicyclic) bond motifs is 1. The number of halogens is 1. The van der Waals surface area contributed by atoms with E-state index in [0.29, 0.717) is 27.0 Å². The lowest BCUT2D eigenvalue weighted by molar-refractivity contribution is 0.112. The Kier molecular flexibility index (Phi) is 2.13. The van der Waals surface area contributed by atoms with Crippen LogP contribution in [0.1, 0.15) is 15.4 Å². The summed E-state index contributed by atoms with van der Waals surface area (Å²) in [5, 5.41) is 0.310. The fraction of sp³-hybridized carbons (Fsp3) is 0.125. The minimum absolute atomic E-state index is 0.310. The van der Waals surface area contributed by atoms with Gasteiger partial charge < -0.3 is 0 Å². The van der Waals surface area contributed by atoms with Crippen LogP contribution in [0.4, 0.5) is 0 Å². The van der Waals surface area contributed by atoms with Crippen molar-refractivity contribution < 1.29 is 4.79 Å². The van der Waals surface area contributed by atoms with Gasteiger partial charge in [0, 0.05) is 11.8 Å². The normalized spacial score (nSPS) is 10.7. The van der Waals surface area contributed by atoms with Gasteiger partial charge in [-0.15, -0.1) is 0 Å². The highest BCUT2D eigenvalue weighted by Crippen LogP contribution is 2.24. The number of aromatic nitrogens is 2. The summed E-state index contributed by atoms with van der Waals surface area (Å²) in [6.07, 6.45) is 0.658. The maximum absolute atomic E-state index is 11.1. The second-order valence-electron chi connectivity index (χ2n) is 2.73. The molecule has 0 saturated heterocycles. The predicted octanol–water partition coefficient (Wildman–Crippen LogP) is 1.53. The summed E-state index contributed by atoms with van der Waals surface area (Å²) in [6, 6.07) is 1.38. The van der Waals surface area contributed by atoms with Crippen LogP contribution in [0.2, 0.25) is 5.15 Å². The van der Waals surface area contributed by atoms with Crippen LogP contribution in [0.25, 0.3) is 4.96 Å². The third-order valence-electron chi connectivity index (χ3n) is 1.79. The molecule has 0 atom stereocenters. The molecule has 0 aliphatic carbocycles. The van der Waals surface area contributed by atoms with Crippen molar-refractivity contribution in [3.8, 4) is 0 Å². The number of thiazole rings is 1. The van der Waals surface area contributed by atoms with Crippen LogP contribution in [-0.4, -0.2) is 15.7 Å². The van der Waals surface area contributed by atoms with Crippen molar-refractivity contribution in [2.45, 2.75) is 6.92 Å². The zero-order chi connectivity index (χ0) is 10.3. The van der Waals surface area contributed by atoms with Crippen LogP contribution in [0.3, 0.4) is 0 Å². The molecule has 0 radical (unpaired) electrons. The van der Waals surface area contributed by atoms with Crippen molar-refractivity contribution in [3.63, 3.8) is 0 Å². The molecule has 0 N–H and O–H groups in total. The number of carbonyl (C=O) groups is 1. The maximum atomic E-state index is 11.1. The quantitative estimate of drug-likeness (QED) is 0.696. The molecule has 0 bridgehead atoms. The molecule has 0 aliphatic rings. The van der Waals surface area contributed by atoms with E-state index in [9.17, 15) is 9.59 Å². The first-order chi connectivity index (χ1) is 6.63. The van der Waals surface area contributed by atoms with Crippen molar-refractivity contribution in [1.82, 2.24) is 9.38 Å². The van der Waals surface area contributed by atoms with E-state index >= 15 is 0 Å². The van der Waals surface area contributed by atoms with Crippen molar-refractivity contribution in [3.05, 3.63) is 32.1 Å². The summed E-state index contributed by atoms with van der Waals surface area (Å²) in [5.41, 5.74) is 0.354. The van der Waals surface area contributed by atoms with Crippen LogP contribution in [0.5, 0.6) is 0 Å². The molecule has 2 heterocycles. The topological polar surface area (TPSA) is 51.4 Å². The van der Waals surface area contributed by atoms with Crippen LogP contribution in [0.15, 0.2) is 10.9 Å². The van der Waals surface area contributed by atoms with Crippen LogP contribution < -0.4 is 5.56 Å². The predicted molar refractivity (Wildman–Crippen MR) is 54.5 cm³/mol. The maximum Gasteiger partial charge on any atom is 0.274 e. The summed E-state index contributed by atoms with van der Waals surface area (Å²) >= 11 is 7.02. The monoisotopic (exact) mass is 228 g/mol. The van der Waals surface area contributed by atoms with Crippen molar-refractivity contribution >= 4 is 34.2 Å². The molecule has 0 aromatic carbocycles. The molecule has 6 heteroatoms. The average Bonchev–Trinajstić information content (AvgIpc) is 2.42. The minimum Gasteiger partial charge on any atom is -0.297 e. The van der Waals surface area contributed by atoms with Gasteiger partial charge in [-0.05, 0) is 6.92 Å². The minimum atomic E-state index is -0.321. The second kappa shape index (κ2) is 3.18. The van der Waals surface area contributed by atoms with Gasteiger partial charge in [-0.2, -0.15) is 4.98 Å². The van der Waals surface area contributed by atoms with Gasteiger partial charge in [0.1, 0.15) is 10.0 Å². The molecule has 0 fully saturated rings. The average molecular weight is 229 g/mol. The Morgan fingerprint density at radius 1 is 1.64 bits per heavy atom. The van der Waals surface area contributed by atoms with Crippen molar-refractivity contribution in [2.75, 3.05) is 0 Å². The molecule has 0 unspecified atom stereocenters. The Morgan fingerprint density at radius 2 is 2.36 bits per heavy atom. The van der Waals surface area contributed by atoms with Gasteiger partial charge in [-0.25, -0.2) is 0 Å². The first-order valence-electron chi connectivity index (χ1n) is 3.77. The molecule has 0 spiro atoms. The summed E-state index contributed by atoms with van der Waals surface area (Å²) in [7, 11) is 0. The van der Waals surface area contributed by atoms with E-state index in [1.807, 2.05) is 0 Å². The fourth-order valence-corrected chi connectivity index (χ4v) is 2.51. The molecule has 0 aliphatic heterocycles. The molecule has 72 valence electrons. The molecule has 0 saturated carbocycles. The standard InChI is InChI=1S/C8H5ClN2O2S/c1-4-2-6(13)10-8-11(4)7(9)5(3-12)14-8/h2-3H,1H3. The Morgan fingerprint density at radius 3 is 3.00 bits per heavy atom. The Bertz CT molecular complexity index is 572. The summed E-state index contributed by atoms with van der Waals surface area (Å²) < 4.78 is 1.58. The van der Waals surface area contributed by atoms with Gasteiger partial charge in [0.05, 0.1) is 0 Å². The summed E-state index contributed by atoms with van der Waals surface area (Å²) in [6.45, 7) is 1.74. The van der Waals surface area contributed by atoms with Gasteiger partial charge in [0.15, 0.2) is 11.2 Å². The van der Waals surface area contributed by atoms with E-state index < -0.39 is 0 Å². The number of aldehydes is 1. The molecule has 2 aromatic heterocycles. The van der Waals surface area contributed by atoms with E-state index in [1.165, 1.54) is 6.07 Å². The lowest BCUT2D eigenvalue weighted by Gasteiger charge is -1.97. The van der Waals surface area contributed by atoms with Crippen LogP contribution in [-0.2, 0) is 0 Å². The molecule has 4 nitrogen and oxygen atoms in total. The van der Waals surface area contributed by atoms with Gasteiger partial charge in [-0.3, -0.25) is 14.0 Å². The van der Waals surface area contributed by atoms with E-state index in [-0.39, 0.29) is 5.56 Å². The first kappa shape index (κ1) is 9.36. The van der Waals surface area contributed by atoms with E-state index in [1.54, 1.807) is 11.3 Å². The third kappa shape index (κ3) is 1.25. The van der Waals surface area contributed by atoms with E-state index in [4.69, 9.17) is 11.6 Å². The Hall–Kier alpha value is -1.20. The number of rotatable bonds is 1. The molecular formula is C8H5ClN2O2S. The number of hydrogen-bond acceptors (Lipinski definition) is 4. The molecule has 14 heavy (non-hydrogen) atoms. The zero-order valence-corrected chi connectivity index (χ0v) is 8.72. The third-order valence-corrected chi connectivity index (χ3v) is 3.24. The molecular weight excluding hydrogens is 224 g/mol. The first-order valence-corrected chi connectivity index (χ1v) is 4.97. The highest BCUT2D eigenvalue weighted by atomic mass is 35.5. The van der Waals surface area contributed by atoms with Crippen LogP contribution >= 0.6 is 22.9 Å². The fourth-order valence-electron chi connectivity index (χ4n) is 1.20. The van der Waals surface area contributed by atoms with Crippen molar-refractivity contribution in [2.24, 2.45) is 0 Å². The lowest BCUT2D eigenvalue weighted by Crippen LogP contribution is -2.08. The molecule has 0 amide bonds. The van der Waals surface area contributed by atoms with Crippen LogP contribution in [0, 0.1) is 6.92 Å². The number of carbonyl (C=O) groups excluding carboxylic acids is 1. The van der Waals surface area contributed by atoms with Gasteiger partial charge in [0.25, 0.3) is 5.56 Å². The summed E-state index contributed by atoms with van der Waals surface area (Å²) in [5.74, 6) is 0. The number of hydrogen-bond donors (Lipinski definition) is 0. The SMILES string of the molecule is Cc1cc(=O)nc2sc(C=O)c(Cl)n12. The second-order valence-corrected chi connectivity index (χ2v) is 4.10. The highest BCUT2D eigenvalue weighted by Gasteiger charge is 2.11. The zero-order valence-electron chi connectivity index (χ0n) is 7.15.